The summed E-state index contributed by atoms with van der Waals surface area (Å²) >= 11 is 0. The smallest absolute Gasteiger partial charge is 0.267 e. The van der Waals surface area contributed by atoms with E-state index in [0.29, 0.717) is 28.6 Å². The van der Waals surface area contributed by atoms with Gasteiger partial charge in [-0.15, -0.1) is 0 Å². The minimum absolute atomic E-state index is 0.247. The first-order chi connectivity index (χ1) is 14.0. The van der Waals surface area contributed by atoms with Gasteiger partial charge in [-0.1, -0.05) is 0 Å². The third-order valence-corrected chi connectivity index (χ3v) is 4.23. The van der Waals surface area contributed by atoms with E-state index in [4.69, 9.17) is 14.2 Å². The predicted molar refractivity (Wildman–Crippen MR) is 109 cm³/mol. The summed E-state index contributed by atoms with van der Waals surface area (Å²) in [5.41, 5.74) is 1.43. The van der Waals surface area contributed by atoms with E-state index >= 15 is 0 Å². The van der Waals surface area contributed by atoms with Crippen molar-refractivity contribution in [1.29, 1.82) is 0 Å². The number of rotatable bonds is 7. The van der Waals surface area contributed by atoms with Gasteiger partial charge in [0, 0.05) is 17.7 Å². The molecule has 0 saturated heterocycles. The van der Waals surface area contributed by atoms with Crippen LogP contribution >= 0.6 is 0 Å². The minimum Gasteiger partial charge on any atom is -0.497 e. The summed E-state index contributed by atoms with van der Waals surface area (Å²) in [6, 6.07) is 15.3. The third kappa shape index (κ3) is 4.73. The van der Waals surface area contributed by atoms with Crippen LogP contribution in [0, 0.1) is 0 Å². The van der Waals surface area contributed by atoms with Crippen LogP contribution in [0.3, 0.4) is 0 Å². The lowest BCUT2D eigenvalue weighted by molar-refractivity contribution is -0.117. The minimum atomic E-state index is -0.418. The second-order valence-corrected chi connectivity index (χ2v) is 6.06. The molecule has 1 N–H and O–H groups in total. The summed E-state index contributed by atoms with van der Waals surface area (Å²) < 4.78 is 16.7. The number of carbonyl (C=O) groups excluding carboxylic acids is 1. The molecule has 0 unspecified atom stereocenters. The van der Waals surface area contributed by atoms with Crippen LogP contribution in [0.2, 0.25) is 0 Å². The van der Waals surface area contributed by atoms with Gasteiger partial charge in [-0.25, -0.2) is 4.68 Å². The van der Waals surface area contributed by atoms with Gasteiger partial charge >= 0.3 is 0 Å². The first kappa shape index (κ1) is 19.9. The van der Waals surface area contributed by atoms with E-state index in [-0.39, 0.29) is 12.1 Å². The molecular weight excluding hydrogens is 374 g/mol. The van der Waals surface area contributed by atoms with Crippen molar-refractivity contribution in [3.63, 3.8) is 0 Å². The molecule has 0 atom stereocenters. The number of methoxy groups -OCH3 is 3. The summed E-state index contributed by atoms with van der Waals surface area (Å²) in [6.45, 7) is -0.247. The molecule has 0 fully saturated rings. The molecule has 0 aliphatic rings. The van der Waals surface area contributed by atoms with Gasteiger partial charge in [-0.05, 0) is 42.5 Å². The van der Waals surface area contributed by atoms with Crippen LogP contribution in [0.1, 0.15) is 0 Å². The van der Waals surface area contributed by atoms with Gasteiger partial charge in [0.15, 0.2) is 0 Å². The SMILES string of the molecule is COc1ccc(-c2ccc(=O)n(CC(=O)Nc3cc(OC)ccc3OC)n2)cc1. The number of hydrogen-bond acceptors (Lipinski definition) is 6. The van der Waals surface area contributed by atoms with Gasteiger partial charge in [-0.3, -0.25) is 9.59 Å². The standard InChI is InChI=1S/C21H21N3O5/c1-27-15-6-4-14(5-7-15)17-9-11-21(26)24(23-17)13-20(25)22-18-12-16(28-2)8-10-19(18)29-3/h4-12H,13H2,1-3H3,(H,22,25). The highest BCUT2D eigenvalue weighted by atomic mass is 16.5. The summed E-state index contributed by atoms with van der Waals surface area (Å²) in [5, 5.41) is 7.03. The number of aromatic nitrogens is 2. The van der Waals surface area contributed by atoms with Crippen LogP contribution in [-0.2, 0) is 11.3 Å². The van der Waals surface area contributed by atoms with Crippen molar-refractivity contribution in [2.45, 2.75) is 6.54 Å². The molecule has 1 heterocycles. The molecule has 1 aromatic heterocycles. The Hall–Kier alpha value is -3.81. The molecule has 0 radical (unpaired) electrons. The quantitative estimate of drug-likeness (QED) is 0.661. The first-order valence-corrected chi connectivity index (χ1v) is 8.78. The van der Waals surface area contributed by atoms with Crippen molar-refractivity contribution >= 4 is 11.6 Å². The molecule has 0 saturated carbocycles. The number of nitrogens with zero attached hydrogens (tertiary/aromatic N) is 2. The topological polar surface area (TPSA) is 91.7 Å². The molecule has 0 aliphatic heterocycles. The normalized spacial score (nSPS) is 10.3. The van der Waals surface area contributed by atoms with Crippen LogP contribution in [-0.4, -0.2) is 37.0 Å². The zero-order chi connectivity index (χ0) is 20.8. The van der Waals surface area contributed by atoms with Gasteiger partial charge in [0.2, 0.25) is 5.91 Å². The van der Waals surface area contributed by atoms with E-state index < -0.39 is 5.91 Å². The van der Waals surface area contributed by atoms with Crippen LogP contribution in [0.15, 0.2) is 59.4 Å². The second-order valence-electron chi connectivity index (χ2n) is 6.06. The summed E-state index contributed by atoms with van der Waals surface area (Å²) in [4.78, 5) is 24.7. The molecule has 0 bridgehead atoms. The highest BCUT2D eigenvalue weighted by Crippen LogP contribution is 2.28. The number of amides is 1. The maximum absolute atomic E-state index is 12.5. The third-order valence-electron chi connectivity index (χ3n) is 4.23. The maximum Gasteiger partial charge on any atom is 0.267 e. The molecular formula is C21H21N3O5. The molecule has 0 aliphatic carbocycles. The Morgan fingerprint density at radius 3 is 2.28 bits per heavy atom. The average Bonchev–Trinajstić information content (AvgIpc) is 2.75. The Kier molecular flexibility index (Phi) is 6.13. The molecule has 8 heteroatoms. The Labute approximate surface area is 167 Å². The molecule has 3 rings (SSSR count). The van der Waals surface area contributed by atoms with Gasteiger partial charge in [0.05, 0.1) is 32.7 Å². The fourth-order valence-corrected chi connectivity index (χ4v) is 2.72. The van der Waals surface area contributed by atoms with E-state index in [1.807, 2.05) is 12.1 Å². The van der Waals surface area contributed by atoms with Crippen LogP contribution < -0.4 is 25.1 Å². The second kappa shape index (κ2) is 8.92. The lowest BCUT2D eigenvalue weighted by Crippen LogP contribution is -2.29. The summed E-state index contributed by atoms with van der Waals surface area (Å²) in [6.07, 6.45) is 0. The van der Waals surface area contributed by atoms with Crippen LogP contribution in [0.25, 0.3) is 11.3 Å². The largest absolute Gasteiger partial charge is 0.497 e. The van der Waals surface area contributed by atoms with E-state index in [2.05, 4.69) is 10.4 Å². The lowest BCUT2D eigenvalue weighted by Gasteiger charge is -2.12. The predicted octanol–water partition coefficient (Wildman–Crippen LogP) is 2.57. The molecule has 3 aromatic rings. The average molecular weight is 395 g/mol. The maximum atomic E-state index is 12.5. The Morgan fingerprint density at radius 2 is 1.62 bits per heavy atom. The number of hydrogen-bond donors (Lipinski definition) is 1. The summed E-state index contributed by atoms with van der Waals surface area (Å²) in [7, 11) is 4.62. The number of anilines is 1. The molecule has 29 heavy (non-hydrogen) atoms. The number of ether oxygens (including phenoxy) is 3. The molecule has 0 spiro atoms. The lowest BCUT2D eigenvalue weighted by atomic mass is 10.1. The highest BCUT2D eigenvalue weighted by molar-refractivity contribution is 5.92. The fourth-order valence-electron chi connectivity index (χ4n) is 2.72. The molecule has 2 aromatic carbocycles. The molecule has 150 valence electrons. The van der Waals surface area contributed by atoms with E-state index in [9.17, 15) is 9.59 Å². The van der Waals surface area contributed by atoms with E-state index in [0.717, 1.165) is 10.2 Å². The Balaban J connectivity index is 1.81. The Morgan fingerprint density at radius 1 is 0.931 bits per heavy atom. The van der Waals surface area contributed by atoms with Crippen LogP contribution in [0.4, 0.5) is 5.69 Å². The zero-order valence-corrected chi connectivity index (χ0v) is 16.3. The summed E-state index contributed by atoms with van der Waals surface area (Å²) in [5.74, 6) is 1.34. The number of carbonyl (C=O) groups is 1. The van der Waals surface area contributed by atoms with Crippen LogP contribution in [0.5, 0.6) is 17.2 Å². The number of benzene rings is 2. The Bertz CT molecular complexity index is 1060. The van der Waals surface area contributed by atoms with Crippen molar-refractivity contribution in [1.82, 2.24) is 9.78 Å². The van der Waals surface area contributed by atoms with Gasteiger partial charge < -0.3 is 19.5 Å². The van der Waals surface area contributed by atoms with Gasteiger partial charge in [0.25, 0.3) is 5.56 Å². The number of nitrogens with one attached hydrogen (secondary N) is 1. The van der Waals surface area contributed by atoms with Crippen molar-refractivity contribution < 1.29 is 19.0 Å². The molecule has 8 nitrogen and oxygen atoms in total. The first-order valence-electron chi connectivity index (χ1n) is 8.78. The fraction of sp³-hybridized carbons (Fsp3) is 0.190. The van der Waals surface area contributed by atoms with Crippen molar-refractivity contribution in [3.05, 3.63) is 65.0 Å². The monoisotopic (exact) mass is 395 g/mol. The highest BCUT2D eigenvalue weighted by Gasteiger charge is 2.12. The van der Waals surface area contributed by atoms with Crippen molar-refractivity contribution in [3.8, 4) is 28.5 Å². The van der Waals surface area contributed by atoms with E-state index in [1.165, 1.54) is 20.3 Å². The van der Waals surface area contributed by atoms with Crippen molar-refractivity contribution in [2.75, 3.05) is 26.6 Å². The van der Waals surface area contributed by atoms with Crippen molar-refractivity contribution in [2.24, 2.45) is 0 Å². The van der Waals surface area contributed by atoms with Gasteiger partial charge in [-0.2, -0.15) is 5.10 Å². The molecule has 1 amide bonds. The van der Waals surface area contributed by atoms with Gasteiger partial charge in [0.1, 0.15) is 23.8 Å². The van der Waals surface area contributed by atoms with E-state index in [1.54, 1.807) is 43.5 Å². The zero-order valence-electron chi connectivity index (χ0n) is 16.3.